The summed E-state index contributed by atoms with van der Waals surface area (Å²) in [6, 6.07) is 18.3. The van der Waals surface area contributed by atoms with E-state index in [1.165, 1.54) is 24.1 Å². The van der Waals surface area contributed by atoms with Crippen LogP contribution in [0.2, 0.25) is 0 Å². The zero-order chi connectivity index (χ0) is 22.3. The lowest BCUT2D eigenvalue weighted by atomic mass is 9.95. The molecular weight excluding hydrogens is 398 g/mol. The molecule has 0 aromatic heterocycles. The molecule has 4 rings (SSSR count). The number of carbonyl (C=O) groups excluding carboxylic acids is 2. The molecule has 0 N–H and O–H groups in total. The topological polar surface area (TPSA) is 43.9 Å². The van der Waals surface area contributed by atoms with Crippen LogP contribution in [0.1, 0.15) is 36.8 Å². The molecular formula is C27H33N3O2. The van der Waals surface area contributed by atoms with E-state index in [1.807, 2.05) is 53.3 Å². The van der Waals surface area contributed by atoms with Gasteiger partial charge in [0.1, 0.15) is 0 Å². The molecule has 2 amide bonds. The van der Waals surface area contributed by atoms with Gasteiger partial charge < -0.3 is 14.7 Å². The Balaban J connectivity index is 1.30. The van der Waals surface area contributed by atoms with E-state index in [-0.39, 0.29) is 17.7 Å². The summed E-state index contributed by atoms with van der Waals surface area (Å²) in [5, 5.41) is 0. The van der Waals surface area contributed by atoms with Crippen LogP contribution in [0.25, 0.3) is 6.08 Å². The predicted molar refractivity (Wildman–Crippen MR) is 129 cm³/mol. The van der Waals surface area contributed by atoms with E-state index < -0.39 is 0 Å². The van der Waals surface area contributed by atoms with E-state index in [1.54, 1.807) is 6.08 Å². The monoisotopic (exact) mass is 431 g/mol. The fourth-order valence-electron chi connectivity index (χ4n) is 4.74. The Labute approximate surface area is 191 Å². The Morgan fingerprint density at radius 1 is 0.938 bits per heavy atom. The number of para-hydroxylation sites is 1. The highest BCUT2D eigenvalue weighted by molar-refractivity contribution is 5.92. The van der Waals surface area contributed by atoms with Crippen LogP contribution in [0.4, 0.5) is 5.69 Å². The van der Waals surface area contributed by atoms with Crippen molar-refractivity contribution in [2.75, 3.05) is 38.1 Å². The van der Waals surface area contributed by atoms with Crippen molar-refractivity contribution in [2.24, 2.45) is 5.92 Å². The molecule has 0 spiro atoms. The van der Waals surface area contributed by atoms with Crippen LogP contribution in [0.3, 0.4) is 0 Å². The minimum Gasteiger partial charge on any atom is -0.371 e. The zero-order valence-corrected chi connectivity index (χ0v) is 19.0. The van der Waals surface area contributed by atoms with Crippen molar-refractivity contribution in [2.45, 2.75) is 32.2 Å². The first-order chi connectivity index (χ1) is 15.6. The maximum Gasteiger partial charge on any atom is 0.246 e. The Morgan fingerprint density at radius 2 is 1.59 bits per heavy atom. The number of carbonyl (C=O) groups is 2. The molecule has 5 nitrogen and oxygen atoms in total. The summed E-state index contributed by atoms with van der Waals surface area (Å²) in [5.74, 6) is 0.196. The van der Waals surface area contributed by atoms with Gasteiger partial charge in [0.25, 0.3) is 0 Å². The van der Waals surface area contributed by atoms with Gasteiger partial charge >= 0.3 is 0 Å². The number of nitrogens with zero attached hydrogens (tertiary/aromatic N) is 3. The second-order valence-corrected chi connectivity index (χ2v) is 8.86. The van der Waals surface area contributed by atoms with Gasteiger partial charge in [-0.3, -0.25) is 9.59 Å². The Hall–Kier alpha value is -3.08. The number of rotatable bonds is 6. The number of piperidine rings is 1. The van der Waals surface area contributed by atoms with Crippen LogP contribution in [-0.2, 0) is 16.1 Å². The standard InChI is InChI=1S/C27H33N3O2/c1-28(21-24-11-5-6-12-25(24)29-17-7-8-18-29)27(32)23-15-19-30(20-16-23)26(31)14-13-22-9-3-2-4-10-22/h2-6,9-14,23H,7-8,15-21H2,1H3. The zero-order valence-electron chi connectivity index (χ0n) is 19.0. The third-order valence-electron chi connectivity index (χ3n) is 6.60. The van der Waals surface area contributed by atoms with E-state index in [9.17, 15) is 9.59 Å². The van der Waals surface area contributed by atoms with Gasteiger partial charge in [0, 0.05) is 57.5 Å². The van der Waals surface area contributed by atoms with E-state index in [2.05, 4.69) is 29.2 Å². The molecule has 32 heavy (non-hydrogen) atoms. The van der Waals surface area contributed by atoms with Gasteiger partial charge in [-0.25, -0.2) is 0 Å². The molecule has 0 radical (unpaired) electrons. The lowest BCUT2D eigenvalue weighted by Gasteiger charge is -2.33. The Bertz CT molecular complexity index is 942. The molecule has 2 fully saturated rings. The van der Waals surface area contributed by atoms with Crippen molar-refractivity contribution in [3.05, 3.63) is 71.8 Å². The molecule has 5 heteroatoms. The summed E-state index contributed by atoms with van der Waals surface area (Å²) in [5.41, 5.74) is 3.49. The predicted octanol–water partition coefficient (Wildman–Crippen LogP) is 4.20. The Morgan fingerprint density at radius 3 is 2.31 bits per heavy atom. The second kappa shape index (κ2) is 10.5. The smallest absolute Gasteiger partial charge is 0.246 e. The number of hydrogen-bond donors (Lipinski definition) is 0. The number of likely N-dealkylation sites (tertiary alicyclic amines) is 1. The Kier molecular flexibility index (Phi) is 7.25. The van der Waals surface area contributed by atoms with Crippen LogP contribution in [0.5, 0.6) is 0 Å². The minimum absolute atomic E-state index is 0.0129. The van der Waals surface area contributed by atoms with Crippen LogP contribution < -0.4 is 4.90 Å². The fraction of sp³-hybridized carbons (Fsp3) is 0.407. The molecule has 0 saturated carbocycles. The second-order valence-electron chi connectivity index (χ2n) is 8.86. The largest absolute Gasteiger partial charge is 0.371 e. The minimum atomic E-state index is -0.0129. The number of hydrogen-bond acceptors (Lipinski definition) is 3. The third-order valence-corrected chi connectivity index (χ3v) is 6.60. The molecule has 0 atom stereocenters. The fourth-order valence-corrected chi connectivity index (χ4v) is 4.74. The molecule has 0 unspecified atom stereocenters. The van der Waals surface area contributed by atoms with Gasteiger partial charge in [-0.05, 0) is 49.0 Å². The normalized spacial score (nSPS) is 17.2. The van der Waals surface area contributed by atoms with E-state index >= 15 is 0 Å². The summed E-state index contributed by atoms with van der Waals surface area (Å²) in [7, 11) is 1.91. The molecule has 2 saturated heterocycles. The van der Waals surface area contributed by atoms with Crippen molar-refractivity contribution < 1.29 is 9.59 Å². The molecule has 0 aliphatic carbocycles. The average molecular weight is 432 g/mol. The van der Waals surface area contributed by atoms with Crippen molar-refractivity contribution in [3.8, 4) is 0 Å². The molecule has 2 aliphatic rings. The highest BCUT2D eigenvalue weighted by Gasteiger charge is 2.29. The highest BCUT2D eigenvalue weighted by Crippen LogP contribution is 2.27. The van der Waals surface area contributed by atoms with Crippen molar-refractivity contribution >= 4 is 23.6 Å². The highest BCUT2D eigenvalue weighted by atomic mass is 16.2. The summed E-state index contributed by atoms with van der Waals surface area (Å²) < 4.78 is 0. The molecule has 168 valence electrons. The first kappa shape index (κ1) is 22.1. The van der Waals surface area contributed by atoms with Crippen LogP contribution >= 0.6 is 0 Å². The van der Waals surface area contributed by atoms with E-state index in [4.69, 9.17) is 0 Å². The maximum absolute atomic E-state index is 13.1. The summed E-state index contributed by atoms with van der Waals surface area (Å²) in [6.07, 6.45) is 7.41. The number of benzene rings is 2. The van der Waals surface area contributed by atoms with Crippen molar-refractivity contribution in [1.82, 2.24) is 9.80 Å². The molecule has 2 aromatic carbocycles. The van der Waals surface area contributed by atoms with Crippen molar-refractivity contribution in [1.29, 1.82) is 0 Å². The first-order valence-corrected chi connectivity index (χ1v) is 11.7. The molecule has 2 aromatic rings. The van der Waals surface area contributed by atoms with Crippen LogP contribution in [-0.4, -0.2) is 54.8 Å². The third kappa shape index (κ3) is 5.39. The van der Waals surface area contributed by atoms with E-state index in [0.29, 0.717) is 19.6 Å². The SMILES string of the molecule is CN(Cc1ccccc1N1CCCC1)C(=O)C1CCN(C(=O)C=Cc2ccccc2)CC1. The summed E-state index contributed by atoms with van der Waals surface area (Å²) in [6.45, 7) is 4.09. The van der Waals surface area contributed by atoms with Gasteiger partial charge in [0.2, 0.25) is 11.8 Å². The number of amides is 2. The van der Waals surface area contributed by atoms with Crippen LogP contribution in [0.15, 0.2) is 60.7 Å². The van der Waals surface area contributed by atoms with Crippen molar-refractivity contribution in [3.63, 3.8) is 0 Å². The summed E-state index contributed by atoms with van der Waals surface area (Å²) >= 11 is 0. The van der Waals surface area contributed by atoms with Crippen LogP contribution in [0, 0.1) is 5.92 Å². The summed E-state index contributed by atoms with van der Waals surface area (Å²) in [4.78, 5) is 31.8. The lowest BCUT2D eigenvalue weighted by Crippen LogP contribution is -2.43. The van der Waals surface area contributed by atoms with Gasteiger partial charge in [-0.15, -0.1) is 0 Å². The first-order valence-electron chi connectivity index (χ1n) is 11.7. The molecule has 0 bridgehead atoms. The average Bonchev–Trinajstić information content (AvgIpc) is 3.38. The maximum atomic E-state index is 13.1. The van der Waals surface area contributed by atoms with E-state index in [0.717, 1.165) is 31.5 Å². The van der Waals surface area contributed by atoms with Gasteiger partial charge in [-0.2, -0.15) is 0 Å². The van der Waals surface area contributed by atoms with Gasteiger partial charge in [0.05, 0.1) is 0 Å². The quantitative estimate of drug-likeness (QED) is 0.644. The lowest BCUT2D eigenvalue weighted by molar-refractivity contribution is -0.138. The molecule has 2 aliphatic heterocycles. The van der Waals surface area contributed by atoms with Gasteiger partial charge in [0.15, 0.2) is 0 Å². The molecule has 2 heterocycles. The number of anilines is 1. The van der Waals surface area contributed by atoms with Gasteiger partial charge in [-0.1, -0.05) is 48.5 Å².